The fraction of sp³-hybridized carbons (Fsp3) is 0.167. The van der Waals surface area contributed by atoms with Gasteiger partial charge >= 0.3 is 5.97 Å². The Hall–Kier alpha value is -6.94. The van der Waals surface area contributed by atoms with Crippen molar-refractivity contribution in [2.24, 2.45) is 0 Å². The number of benzene rings is 4. The first-order valence-electron chi connectivity index (χ1n) is 15.4. The first-order valence-corrected chi connectivity index (χ1v) is 15.4. The van der Waals surface area contributed by atoms with E-state index in [0.717, 1.165) is 42.5 Å². The summed E-state index contributed by atoms with van der Waals surface area (Å²) in [6.45, 7) is 0. The maximum Gasteiger partial charge on any atom is 0.338 e. The first kappa shape index (κ1) is 33.6. The zero-order valence-corrected chi connectivity index (χ0v) is 26.4. The lowest BCUT2D eigenvalue weighted by atomic mass is 9.90. The van der Waals surface area contributed by atoms with Gasteiger partial charge in [0, 0.05) is 59.4 Å². The molecule has 11 N–H and O–H groups in total. The van der Waals surface area contributed by atoms with Crippen LogP contribution in [-0.2, 0) is 17.6 Å². The van der Waals surface area contributed by atoms with Gasteiger partial charge < -0.3 is 70.4 Å². The van der Waals surface area contributed by atoms with E-state index in [2.05, 4.69) is 0 Å². The van der Waals surface area contributed by atoms with Gasteiger partial charge in [0.05, 0.1) is 17.1 Å². The molecule has 16 nitrogen and oxygen atoms in total. The quantitative estimate of drug-likeness (QED) is 0.0940. The Balaban J connectivity index is 1.41. The van der Waals surface area contributed by atoms with Crippen LogP contribution in [0.5, 0.6) is 69.0 Å². The summed E-state index contributed by atoms with van der Waals surface area (Å²) in [6.07, 6.45) is -6.28. The molecule has 0 aromatic heterocycles. The number of carbonyl (C=O) groups is 1. The fourth-order valence-corrected chi connectivity index (χ4v) is 6.53. The lowest BCUT2D eigenvalue weighted by molar-refractivity contribution is -0.0188. The van der Waals surface area contributed by atoms with Crippen molar-refractivity contribution in [3.8, 4) is 69.0 Å². The zero-order chi connectivity index (χ0) is 37.3. The molecule has 0 unspecified atom stereocenters. The molecule has 16 heteroatoms. The summed E-state index contributed by atoms with van der Waals surface area (Å²) in [4.78, 5) is 27.0. The Kier molecular flexibility index (Phi) is 7.83. The Morgan fingerprint density at radius 2 is 1.17 bits per heavy atom. The third-order valence-corrected chi connectivity index (χ3v) is 8.98. The molecule has 2 aliphatic rings. The van der Waals surface area contributed by atoms with Crippen LogP contribution in [0.2, 0.25) is 0 Å². The highest BCUT2D eigenvalue weighted by Gasteiger charge is 2.39. The average molecular weight is 717 g/mol. The molecular weight excluding hydrogens is 688 g/mol. The normalized spacial score (nSPS) is 19.2. The Morgan fingerprint density at radius 1 is 0.615 bits per heavy atom. The van der Waals surface area contributed by atoms with E-state index in [-0.39, 0.29) is 63.5 Å². The molecule has 0 bridgehead atoms. The first-order chi connectivity index (χ1) is 24.6. The minimum atomic E-state index is -1.48. The maximum atomic E-state index is 13.6. The molecule has 0 spiro atoms. The number of hydrogen-bond donors (Lipinski definition) is 11. The zero-order valence-electron chi connectivity index (χ0n) is 26.4. The van der Waals surface area contributed by atoms with E-state index >= 15 is 0 Å². The average Bonchev–Trinajstić information content (AvgIpc) is 3.20. The molecule has 0 amide bonds. The number of hydrogen-bond acceptors (Lipinski definition) is 16. The molecule has 2 heterocycles. The van der Waals surface area contributed by atoms with Crippen LogP contribution in [-0.4, -0.2) is 74.3 Å². The van der Waals surface area contributed by atoms with Crippen molar-refractivity contribution in [2.75, 3.05) is 0 Å². The second kappa shape index (κ2) is 12.1. The number of phenols is 9. The number of esters is 1. The van der Waals surface area contributed by atoms with E-state index in [0.29, 0.717) is 0 Å². The molecule has 5 aromatic rings. The van der Waals surface area contributed by atoms with E-state index in [1.807, 2.05) is 0 Å². The topological polar surface area (TPSA) is 284 Å². The minimum absolute atomic E-state index is 0.0376. The van der Waals surface area contributed by atoms with Gasteiger partial charge in [-0.15, -0.1) is 0 Å². The predicted octanol–water partition coefficient (Wildman–Crippen LogP) is 3.19. The summed E-state index contributed by atoms with van der Waals surface area (Å²) >= 11 is 0. The van der Waals surface area contributed by atoms with Gasteiger partial charge in [0.15, 0.2) is 46.7 Å². The van der Waals surface area contributed by atoms with Crippen LogP contribution in [0.15, 0.2) is 59.4 Å². The smallest absolute Gasteiger partial charge is 0.338 e. The van der Waals surface area contributed by atoms with E-state index < -0.39 is 92.8 Å². The maximum absolute atomic E-state index is 13.6. The third kappa shape index (κ3) is 5.56. The van der Waals surface area contributed by atoms with Crippen molar-refractivity contribution < 1.29 is 75.2 Å². The number of rotatable bonds is 4. The third-order valence-electron chi connectivity index (χ3n) is 8.98. The van der Waals surface area contributed by atoms with Gasteiger partial charge in [-0.2, -0.15) is 0 Å². The number of carbonyl (C=O) groups excluding carboxylic acids is 1. The molecule has 0 saturated heterocycles. The lowest BCUT2D eigenvalue weighted by Crippen LogP contribution is -2.34. The molecule has 268 valence electrons. The number of phenolic OH excluding ortho intramolecular Hbond substituents is 9. The summed E-state index contributed by atoms with van der Waals surface area (Å²) in [7, 11) is 0. The largest absolute Gasteiger partial charge is 0.508 e. The predicted molar refractivity (Wildman–Crippen MR) is 176 cm³/mol. The van der Waals surface area contributed by atoms with Crippen LogP contribution < -0.4 is 14.9 Å². The van der Waals surface area contributed by atoms with Gasteiger partial charge in [0.2, 0.25) is 5.43 Å². The number of aromatic hydroxyl groups is 10. The van der Waals surface area contributed by atoms with Gasteiger partial charge in [-0.25, -0.2) is 4.79 Å². The fourth-order valence-electron chi connectivity index (χ4n) is 6.53. The molecule has 4 atom stereocenters. The number of aliphatic hydroxyl groups excluding tert-OH is 1. The molecule has 0 fully saturated rings. The van der Waals surface area contributed by atoms with Gasteiger partial charge in [0.25, 0.3) is 0 Å². The molecule has 2 aliphatic heterocycles. The Labute approximate surface area is 290 Å². The second-order valence-corrected chi connectivity index (χ2v) is 12.4. The van der Waals surface area contributed by atoms with Crippen LogP contribution in [0.3, 0.4) is 0 Å². The summed E-state index contributed by atoms with van der Waals surface area (Å²) in [5.74, 6) is -8.17. The van der Waals surface area contributed by atoms with Crippen molar-refractivity contribution in [3.63, 3.8) is 0 Å². The minimum Gasteiger partial charge on any atom is -0.508 e. The number of fused-ring (bicyclic) bond motifs is 3. The molecule has 7 rings (SSSR count). The molecule has 0 saturated carbocycles. The van der Waals surface area contributed by atoms with Crippen molar-refractivity contribution in [3.05, 3.63) is 92.6 Å². The monoisotopic (exact) mass is 716 g/mol. The highest BCUT2D eigenvalue weighted by molar-refractivity contribution is 5.94. The molecule has 52 heavy (non-hydrogen) atoms. The van der Waals surface area contributed by atoms with Gasteiger partial charge in [-0.05, 0) is 35.7 Å². The van der Waals surface area contributed by atoms with Gasteiger partial charge in [-0.1, -0.05) is 0 Å². The SMILES string of the molecule is O=C(O[C@H]1Cc2c(O)cc(O)cc2O[C@H]1c1cc(O)c(=O)c2c(O)c(O)cc([C@H]3Oc4cc(O)cc(O)c4C[C@@H]3O)c2c1)c1cc(O)c(O)c(O)c1. The standard InChI is InChI=1S/C36H28O16/c37-14-5-20(39)18-10-26(45)35(51-27(18)7-14)17-9-25(44)33(48)30-16(17)1-12(2-24(43)32(30)47)34-29(11-19-21(40)6-15(38)8-28(19)50-34)52-36(49)13-3-22(41)31(46)23(42)4-13/h1-9,26,29,34-35,37-42,44-46,48H,10-11H2,(H,43,47)/t26-,29-,34-,35+/m0/s1. The van der Waals surface area contributed by atoms with Crippen LogP contribution >= 0.6 is 0 Å². The highest BCUT2D eigenvalue weighted by atomic mass is 16.6. The number of ether oxygens (including phenoxy) is 3. The molecule has 5 aromatic carbocycles. The molecule has 0 aliphatic carbocycles. The second-order valence-electron chi connectivity index (χ2n) is 12.4. The summed E-state index contributed by atoms with van der Waals surface area (Å²) in [6, 6.07) is 9.20. The van der Waals surface area contributed by atoms with E-state index in [9.17, 15) is 65.8 Å². The number of aliphatic hydroxyl groups is 1. The van der Waals surface area contributed by atoms with Crippen LogP contribution in [0.25, 0.3) is 10.8 Å². The van der Waals surface area contributed by atoms with E-state index in [1.54, 1.807) is 0 Å². The summed E-state index contributed by atoms with van der Waals surface area (Å²) in [5, 5.41) is 114. The molecular formula is C36H28O16. The van der Waals surface area contributed by atoms with Crippen molar-refractivity contribution >= 4 is 16.7 Å². The van der Waals surface area contributed by atoms with E-state index in [1.165, 1.54) is 12.1 Å². The van der Waals surface area contributed by atoms with Crippen molar-refractivity contribution in [2.45, 2.75) is 37.3 Å². The van der Waals surface area contributed by atoms with E-state index in [4.69, 9.17) is 14.2 Å². The van der Waals surface area contributed by atoms with Crippen LogP contribution in [0, 0.1) is 0 Å². The summed E-state index contributed by atoms with van der Waals surface area (Å²) in [5.41, 5.74) is -1.58. The lowest BCUT2D eigenvalue weighted by Gasteiger charge is -2.34. The summed E-state index contributed by atoms with van der Waals surface area (Å²) < 4.78 is 17.8. The Bertz CT molecular complexity index is 2370. The van der Waals surface area contributed by atoms with Gasteiger partial charge in [0.1, 0.15) is 40.6 Å². The van der Waals surface area contributed by atoms with Crippen LogP contribution in [0.1, 0.15) is 44.8 Å². The molecule has 0 radical (unpaired) electrons. The Morgan fingerprint density at radius 3 is 1.79 bits per heavy atom. The van der Waals surface area contributed by atoms with Gasteiger partial charge in [-0.3, -0.25) is 4.79 Å². The van der Waals surface area contributed by atoms with Crippen LogP contribution in [0.4, 0.5) is 0 Å². The highest BCUT2D eigenvalue weighted by Crippen LogP contribution is 2.48. The van der Waals surface area contributed by atoms with Crippen molar-refractivity contribution in [1.82, 2.24) is 0 Å². The van der Waals surface area contributed by atoms with Crippen molar-refractivity contribution in [1.29, 1.82) is 0 Å².